The van der Waals surface area contributed by atoms with E-state index in [1.807, 2.05) is 0 Å². The van der Waals surface area contributed by atoms with Gasteiger partial charge in [0.1, 0.15) is 16.2 Å². The molecule has 0 aromatic rings. The molecular weight excluding hydrogens is 258 g/mol. The van der Waals surface area contributed by atoms with Gasteiger partial charge in [0, 0.05) is 0 Å². The van der Waals surface area contributed by atoms with Gasteiger partial charge in [0.05, 0.1) is 0 Å². The summed E-state index contributed by atoms with van der Waals surface area (Å²) in [7, 11) is -3.75. The van der Waals surface area contributed by atoms with Crippen molar-refractivity contribution in [1.82, 2.24) is 4.90 Å². The van der Waals surface area contributed by atoms with Gasteiger partial charge in [-0.25, -0.2) is 13.2 Å². The average Bonchev–Trinajstić information content (AvgIpc) is 2.28. The molecule has 0 saturated carbocycles. The molecule has 0 aromatic heterocycles. The van der Waals surface area contributed by atoms with Gasteiger partial charge in [-0.2, -0.15) is 0 Å². The number of hydrogen-bond acceptors (Lipinski definition) is 4. The summed E-state index contributed by atoms with van der Waals surface area (Å²) in [5, 5.41) is 6.65. The first-order chi connectivity index (χ1) is 7.14. The summed E-state index contributed by atoms with van der Waals surface area (Å²) in [4.78, 5) is 23.3. The molecule has 0 unspecified atom stereocenters. The van der Waals surface area contributed by atoms with Gasteiger partial charge in [0.2, 0.25) is 5.91 Å². The summed E-state index contributed by atoms with van der Waals surface area (Å²) < 4.78 is 22.5. The number of halogens is 1. The first-order valence-corrected chi connectivity index (χ1v) is 6.55. The highest BCUT2D eigenvalue weighted by atomic mass is 35.5. The number of aliphatic carboxylic acids is 1. The molecule has 2 aliphatic rings. The molecule has 0 bridgehead atoms. The average molecular weight is 268 g/mol. The van der Waals surface area contributed by atoms with Crippen LogP contribution in [0.2, 0.25) is 0 Å². The van der Waals surface area contributed by atoms with Crippen molar-refractivity contribution < 1.29 is 23.1 Å². The smallest absolute Gasteiger partial charge is 0.328 e. The number of carboxylic acid groups (broad SMARTS) is 1. The quantitative estimate of drug-likeness (QED) is 0.507. The summed E-state index contributed by atoms with van der Waals surface area (Å²) in [5.41, 5.74) is 0. The topological polar surface area (TPSA) is 91.8 Å². The molecule has 2 rings (SSSR count). The second kappa shape index (κ2) is 2.89. The summed E-state index contributed by atoms with van der Waals surface area (Å²) in [6, 6.07) is -1.36. The monoisotopic (exact) mass is 267 g/mol. The zero-order valence-electron chi connectivity index (χ0n) is 8.55. The van der Waals surface area contributed by atoms with Crippen LogP contribution in [0, 0.1) is 0 Å². The Hall–Kier alpha value is -0.820. The third kappa shape index (κ3) is 1.00. The molecule has 2 heterocycles. The van der Waals surface area contributed by atoms with Crippen LogP contribution >= 0.6 is 11.6 Å². The Bertz CT molecular complexity index is 485. The Morgan fingerprint density at radius 1 is 1.50 bits per heavy atom. The fourth-order valence-corrected chi connectivity index (χ4v) is 4.99. The number of fused-ring (bicyclic) bond motifs is 1. The molecule has 6 nitrogen and oxygen atoms in total. The molecule has 0 spiro atoms. The first kappa shape index (κ1) is 11.7. The van der Waals surface area contributed by atoms with E-state index in [-0.39, 0.29) is 0 Å². The highest BCUT2D eigenvalue weighted by molar-refractivity contribution is 7.94. The SMILES string of the molecule is CC1(C)[C@H](C(=O)O)N2C(=O)[C@@H](Cl)[C@H]2S1(=O)=O. The van der Waals surface area contributed by atoms with Crippen molar-refractivity contribution in [3.8, 4) is 0 Å². The number of nitrogens with zero attached hydrogens (tertiary/aromatic N) is 1. The van der Waals surface area contributed by atoms with E-state index >= 15 is 0 Å². The third-order valence-electron chi connectivity index (χ3n) is 3.24. The maximum atomic E-state index is 12.0. The lowest BCUT2D eigenvalue weighted by Gasteiger charge is -2.39. The molecule has 16 heavy (non-hydrogen) atoms. The van der Waals surface area contributed by atoms with Gasteiger partial charge in [0.25, 0.3) is 0 Å². The van der Waals surface area contributed by atoms with E-state index in [4.69, 9.17) is 16.7 Å². The van der Waals surface area contributed by atoms with Crippen molar-refractivity contribution >= 4 is 33.3 Å². The maximum absolute atomic E-state index is 12.0. The largest absolute Gasteiger partial charge is 0.480 e. The second-order valence-electron chi connectivity index (χ2n) is 4.43. The van der Waals surface area contributed by atoms with Gasteiger partial charge in [-0.15, -0.1) is 11.6 Å². The predicted octanol–water partition coefficient (Wildman–Crippen LogP) is -0.578. The number of carbonyl (C=O) groups is 2. The van der Waals surface area contributed by atoms with Crippen molar-refractivity contribution in [1.29, 1.82) is 0 Å². The Balaban J connectivity index is 2.60. The fourth-order valence-electron chi connectivity index (χ4n) is 2.25. The van der Waals surface area contributed by atoms with Crippen molar-refractivity contribution in [3.63, 3.8) is 0 Å². The van der Waals surface area contributed by atoms with E-state index in [1.165, 1.54) is 13.8 Å². The normalized spacial score (nSPS) is 39.1. The Kier molecular flexibility index (Phi) is 2.11. The van der Waals surface area contributed by atoms with Crippen LogP contribution in [0.5, 0.6) is 0 Å². The minimum atomic E-state index is -3.75. The van der Waals surface area contributed by atoms with Crippen LogP contribution in [0.3, 0.4) is 0 Å². The van der Waals surface area contributed by atoms with Crippen LogP contribution in [0.25, 0.3) is 0 Å². The van der Waals surface area contributed by atoms with Gasteiger partial charge in [-0.3, -0.25) is 4.79 Å². The molecule has 0 aromatic carbocycles. The summed E-state index contributed by atoms with van der Waals surface area (Å²) in [5.74, 6) is -1.96. The second-order valence-corrected chi connectivity index (χ2v) is 7.52. The van der Waals surface area contributed by atoms with Crippen LogP contribution in [0.15, 0.2) is 0 Å². The van der Waals surface area contributed by atoms with Crippen LogP contribution in [-0.4, -0.2) is 51.8 Å². The zero-order valence-corrected chi connectivity index (χ0v) is 10.1. The van der Waals surface area contributed by atoms with E-state index in [1.54, 1.807) is 0 Å². The van der Waals surface area contributed by atoms with Gasteiger partial charge in [-0.1, -0.05) is 0 Å². The van der Waals surface area contributed by atoms with Gasteiger partial charge in [0.15, 0.2) is 15.2 Å². The van der Waals surface area contributed by atoms with E-state index in [0.29, 0.717) is 0 Å². The lowest BCUT2D eigenvalue weighted by atomic mass is 9.98. The van der Waals surface area contributed by atoms with Crippen LogP contribution in [0.1, 0.15) is 13.8 Å². The lowest BCUT2D eigenvalue weighted by molar-refractivity contribution is -0.156. The van der Waals surface area contributed by atoms with Crippen molar-refractivity contribution in [3.05, 3.63) is 0 Å². The fraction of sp³-hybridized carbons (Fsp3) is 0.750. The molecule has 0 aliphatic carbocycles. The van der Waals surface area contributed by atoms with Crippen LogP contribution < -0.4 is 0 Å². The van der Waals surface area contributed by atoms with Crippen molar-refractivity contribution in [2.24, 2.45) is 0 Å². The van der Waals surface area contributed by atoms with E-state index in [9.17, 15) is 18.0 Å². The molecular formula is C8H10ClNO5S. The van der Waals surface area contributed by atoms with Crippen LogP contribution in [0.4, 0.5) is 0 Å². The number of sulfone groups is 1. The minimum absolute atomic E-state index is 0.631. The number of carboxylic acids is 1. The molecule has 2 fully saturated rings. The number of hydrogen-bond donors (Lipinski definition) is 1. The minimum Gasteiger partial charge on any atom is -0.480 e. The molecule has 3 atom stereocenters. The number of β-lactam (4-membered cyclic amide) rings is 1. The summed E-state index contributed by atoms with van der Waals surface area (Å²) in [6.45, 7) is 2.60. The van der Waals surface area contributed by atoms with E-state index in [0.717, 1.165) is 4.90 Å². The molecule has 90 valence electrons. The Morgan fingerprint density at radius 2 is 2.00 bits per heavy atom. The molecule has 2 saturated heterocycles. The van der Waals surface area contributed by atoms with E-state index in [2.05, 4.69) is 0 Å². The first-order valence-electron chi connectivity index (χ1n) is 4.56. The number of alkyl halides is 1. The molecule has 1 N–H and O–H groups in total. The van der Waals surface area contributed by atoms with Crippen molar-refractivity contribution in [2.45, 2.75) is 35.4 Å². The summed E-state index contributed by atoms with van der Waals surface area (Å²) >= 11 is 5.62. The molecule has 1 amide bonds. The zero-order chi connectivity index (χ0) is 12.5. The van der Waals surface area contributed by atoms with Gasteiger partial charge >= 0.3 is 5.97 Å². The predicted molar refractivity (Wildman–Crippen MR) is 54.7 cm³/mol. The molecule has 8 heteroatoms. The van der Waals surface area contributed by atoms with Gasteiger partial charge in [-0.05, 0) is 13.8 Å². The standard InChI is InChI=1S/C8H10ClNO5S/c1-8(2)4(7(12)13)10-5(11)3(9)6(10)16(8,14)15/h3-4,6H,1-2H3,(H,12,13)/t3-,4+,6-/m1/s1. The highest BCUT2D eigenvalue weighted by Gasteiger charge is 2.71. The molecule has 0 radical (unpaired) electrons. The number of carbonyl (C=O) groups excluding carboxylic acids is 1. The highest BCUT2D eigenvalue weighted by Crippen LogP contribution is 2.47. The summed E-state index contributed by atoms with van der Waals surface area (Å²) in [6.07, 6.45) is 0. The van der Waals surface area contributed by atoms with Crippen LogP contribution in [-0.2, 0) is 19.4 Å². The number of amides is 1. The third-order valence-corrected chi connectivity index (χ3v) is 6.64. The van der Waals surface area contributed by atoms with Gasteiger partial charge < -0.3 is 10.0 Å². The number of rotatable bonds is 1. The Morgan fingerprint density at radius 3 is 2.44 bits per heavy atom. The molecule has 2 aliphatic heterocycles. The lowest BCUT2D eigenvalue weighted by Crippen LogP contribution is -2.64. The van der Waals surface area contributed by atoms with E-state index < -0.39 is 43.3 Å². The van der Waals surface area contributed by atoms with Crippen molar-refractivity contribution in [2.75, 3.05) is 0 Å². The maximum Gasteiger partial charge on any atom is 0.328 e. The Labute approximate surface area is 97.1 Å².